The molecule has 3 rings (SSSR count). The van der Waals surface area contributed by atoms with Crippen LogP contribution in [-0.4, -0.2) is 19.9 Å². The maximum absolute atomic E-state index is 5.73. The molecule has 0 fully saturated rings. The number of anilines is 1. The maximum Gasteiger partial charge on any atom is 0.180 e. The fraction of sp³-hybridized carbons (Fsp3) is 0.231. The summed E-state index contributed by atoms with van der Waals surface area (Å²) in [6.45, 7) is 4.24. The number of nitrogens with two attached hydrogens (primary N) is 1. The quantitative estimate of drug-likeness (QED) is 0.802. The van der Waals surface area contributed by atoms with Crippen LogP contribution < -0.4 is 5.73 Å². The molecule has 0 spiro atoms. The Morgan fingerprint density at radius 2 is 2.00 bits per heavy atom. The molecule has 102 valence electrons. The molecule has 3 heterocycles. The van der Waals surface area contributed by atoms with Gasteiger partial charge in [0, 0.05) is 17.8 Å². The number of rotatable bonds is 3. The Bertz CT molecular complexity index is 717. The second-order valence-corrected chi connectivity index (χ2v) is 6.44. The SMILES string of the molecule is CC(C)c1nc(-c2cnccn2)sc1-c1csc(N)n1. The third-order valence-corrected chi connectivity index (χ3v) is 4.53. The lowest BCUT2D eigenvalue weighted by Crippen LogP contribution is -1.91. The zero-order chi connectivity index (χ0) is 14.1. The van der Waals surface area contributed by atoms with E-state index in [9.17, 15) is 0 Å². The van der Waals surface area contributed by atoms with E-state index < -0.39 is 0 Å². The van der Waals surface area contributed by atoms with E-state index in [-0.39, 0.29) is 0 Å². The largest absolute Gasteiger partial charge is 0.375 e. The van der Waals surface area contributed by atoms with E-state index >= 15 is 0 Å². The van der Waals surface area contributed by atoms with E-state index in [1.165, 1.54) is 11.3 Å². The third kappa shape index (κ3) is 2.41. The summed E-state index contributed by atoms with van der Waals surface area (Å²) >= 11 is 3.02. The van der Waals surface area contributed by atoms with Gasteiger partial charge in [-0.15, -0.1) is 22.7 Å². The van der Waals surface area contributed by atoms with Crippen molar-refractivity contribution in [2.24, 2.45) is 0 Å². The smallest absolute Gasteiger partial charge is 0.180 e. The van der Waals surface area contributed by atoms with Gasteiger partial charge in [0.15, 0.2) is 5.13 Å². The number of hydrogen-bond acceptors (Lipinski definition) is 7. The average molecular weight is 303 g/mol. The normalized spacial score (nSPS) is 11.2. The van der Waals surface area contributed by atoms with E-state index in [1.807, 2.05) is 5.38 Å². The van der Waals surface area contributed by atoms with Crippen molar-refractivity contribution in [1.29, 1.82) is 0 Å². The highest BCUT2D eigenvalue weighted by Crippen LogP contribution is 2.38. The molecule has 0 amide bonds. The van der Waals surface area contributed by atoms with Crippen molar-refractivity contribution in [1.82, 2.24) is 19.9 Å². The first-order valence-corrected chi connectivity index (χ1v) is 7.83. The molecule has 0 atom stereocenters. The highest BCUT2D eigenvalue weighted by Gasteiger charge is 2.19. The van der Waals surface area contributed by atoms with Gasteiger partial charge in [-0.2, -0.15) is 0 Å². The van der Waals surface area contributed by atoms with Crippen LogP contribution in [0.25, 0.3) is 21.3 Å². The molecule has 0 unspecified atom stereocenters. The predicted octanol–water partition coefficient (Wildman–Crippen LogP) is 3.43. The van der Waals surface area contributed by atoms with Gasteiger partial charge in [-0.25, -0.2) is 9.97 Å². The number of hydrogen-bond donors (Lipinski definition) is 1. The molecule has 3 aromatic rings. The van der Waals surface area contributed by atoms with Gasteiger partial charge in [0.05, 0.1) is 22.5 Å². The Balaban J connectivity index is 2.12. The van der Waals surface area contributed by atoms with E-state index in [0.29, 0.717) is 11.0 Å². The number of thiazole rings is 2. The van der Waals surface area contributed by atoms with Crippen LogP contribution in [-0.2, 0) is 0 Å². The molecule has 5 nitrogen and oxygen atoms in total. The van der Waals surface area contributed by atoms with Gasteiger partial charge in [0.25, 0.3) is 0 Å². The van der Waals surface area contributed by atoms with Gasteiger partial charge in [-0.05, 0) is 5.92 Å². The maximum atomic E-state index is 5.73. The molecular weight excluding hydrogens is 290 g/mol. The van der Waals surface area contributed by atoms with E-state index in [4.69, 9.17) is 10.7 Å². The monoisotopic (exact) mass is 303 g/mol. The Hall–Kier alpha value is -1.86. The van der Waals surface area contributed by atoms with Gasteiger partial charge in [0.2, 0.25) is 0 Å². The third-order valence-electron chi connectivity index (χ3n) is 2.74. The first-order chi connectivity index (χ1) is 9.65. The minimum atomic E-state index is 0.314. The van der Waals surface area contributed by atoms with Crippen molar-refractivity contribution in [3.63, 3.8) is 0 Å². The van der Waals surface area contributed by atoms with Crippen LogP contribution in [0.4, 0.5) is 5.13 Å². The van der Waals surface area contributed by atoms with Crippen LogP contribution in [0.3, 0.4) is 0 Å². The summed E-state index contributed by atoms with van der Waals surface area (Å²) in [5, 5.41) is 3.40. The summed E-state index contributed by atoms with van der Waals surface area (Å²) in [6, 6.07) is 0. The molecule has 0 saturated carbocycles. The van der Waals surface area contributed by atoms with Crippen LogP contribution in [0.5, 0.6) is 0 Å². The van der Waals surface area contributed by atoms with E-state index in [0.717, 1.165) is 27.0 Å². The van der Waals surface area contributed by atoms with Crippen molar-refractivity contribution in [2.45, 2.75) is 19.8 Å². The van der Waals surface area contributed by atoms with Crippen LogP contribution in [0.2, 0.25) is 0 Å². The molecule has 0 bridgehead atoms. The molecule has 3 aromatic heterocycles. The zero-order valence-corrected chi connectivity index (χ0v) is 12.7. The lowest BCUT2D eigenvalue weighted by molar-refractivity contribution is 0.835. The van der Waals surface area contributed by atoms with Crippen molar-refractivity contribution in [3.05, 3.63) is 29.7 Å². The Morgan fingerprint density at radius 1 is 1.15 bits per heavy atom. The summed E-state index contributed by atoms with van der Waals surface area (Å²) in [4.78, 5) is 18.5. The lowest BCUT2D eigenvalue weighted by atomic mass is 10.1. The van der Waals surface area contributed by atoms with E-state index in [1.54, 1.807) is 29.9 Å². The van der Waals surface area contributed by atoms with Crippen LogP contribution >= 0.6 is 22.7 Å². The van der Waals surface area contributed by atoms with Gasteiger partial charge in [-0.1, -0.05) is 13.8 Å². The second-order valence-electron chi connectivity index (χ2n) is 4.55. The molecular formula is C13H13N5S2. The molecule has 0 saturated heterocycles. The molecule has 2 N–H and O–H groups in total. The molecule has 0 aliphatic heterocycles. The van der Waals surface area contributed by atoms with Gasteiger partial charge >= 0.3 is 0 Å². The van der Waals surface area contributed by atoms with Crippen LogP contribution in [0.1, 0.15) is 25.5 Å². The number of nitrogens with zero attached hydrogens (tertiary/aromatic N) is 4. The summed E-state index contributed by atoms with van der Waals surface area (Å²) in [6.07, 6.45) is 5.05. The van der Waals surface area contributed by atoms with E-state index in [2.05, 4.69) is 28.8 Å². The minimum absolute atomic E-state index is 0.314. The van der Waals surface area contributed by atoms with Crippen molar-refractivity contribution >= 4 is 27.8 Å². The molecule has 7 heteroatoms. The summed E-state index contributed by atoms with van der Waals surface area (Å²) in [5.41, 5.74) is 8.44. The van der Waals surface area contributed by atoms with Gasteiger partial charge in [0.1, 0.15) is 10.7 Å². The summed E-state index contributed by atoms with van der Waals surface area (Å²) in [7, 11) is 0. The first-order valence-electron chi connectivity index (χ1n) is 6.13. The minimum Gasteiger partial charge on any atom is -0.375 e. The molecule has 0 radical (unpaired) electrons. The van der Waals surface area contributed by atoms with Crippen molar-refractivity contribution in [2.75, 3.05) is 5.73 Å². The first kappa shape index (κ1) is 13.1. The number of aromatic nitrogens is 4. The average Bonchev–Trinajstić information content (AvgIpc) is 3.05. The summed E-state index contributed by atoms with van der Waals surface area (Å²) in [5.74, 6) is 0.314. The van der Waals surface area contributed by atoms with Crippen molar-refractivity contribution in [3.8, 4) is 21.3 Å². The molecule has 0 aliphatic rings. The van der Waals surface area contributed by atoms with Gasteiger partial charge in [-0.3, -0.25) is 9.97 Å². The Labute approximate surface area is 124 Å². The highest BCUT2D eigenvalue weighted by atomic mass is 32.1. The zero-order valence-electron chi connectivity index (χ0n) is 11.1. The topological polar surface area (TPSA) is 77.6 Å². The predicted molar refractivity (Wildman–Crippen MR) is 82.7 cm³/mol. The molecule has 0 aliphatic carbocycles. The standard InChI is InChI=1S/C13H13N5S2/c1-7(2)10-11(9-6-19-13(14)17-9)20-12(18-10)8-5-15-3-4-16-8/h3-7H,1-2H3,(H2,14,17). The highest BCUT2D eigenvalue weighted by molar-refractivity contribution is 7.19. The fourth-order valence-corrected chi connectivity index (χ4v) is 3.59. The summed E-state index contributed by atoms with van der Waals surface area (Å²) < 4.78 is 0. The van der Waals surface area contributed by atoms with Crippen LogP contribution in [0.15, 0.2) is 24.0 Å². The Kier molecular flexibility index (Phi) is 3.45. The fourth-order valence-electron chi connectivity index (χ4n) is 1.82. The van der Waals surface area contributed by atoms with Crippen molar-refractivity contribution < 1.29 is 0 Å². The molecule has 0 aromatic carbocycles. The van der Waals surface area contributed by atoms with Crippen LogP contribution in [0, 0.1) is 0 Å². The molecule has 20 heavy (non-hydrogen) atoms. The second kappa shape index (κ2) is 5.26. The Morgan fingerprint density at radius 3 is 2.60 bits per heavy atom. The lowest BCUT2D eigenvalue weighted by Gasteiger charge is -2.02. The van der Waals surface area contributed by atoms with Gasteiger partial charge < -0.3 is 5.73 Å². The number of nitrogen functional groups attached to an aromatic ring is 1.